The lowest BCUT2D eigenvalue weighted by Crippen LogP contribution is -2.28. The molecule has 8 heteroatoms. The van der Waals surface area contributed by atoms with E-state index in [1.807, 2.05) is 55.5 Å². The van der Waals surface area contributed by atoms with Crippen molar-refractivity contribution in [1.82, 2.24) is 23.6 Å². The van der Waals surface area contributed by atoms with Gasteiger partial charge in [-0.3, -0.25) is 13.6 Å². The minimum atomic E-state index is -0.354. The molecule has 0 aliphatic rings. The van der Waals surface area contributed by atoms with Gasteiger partial charge in [0.2, 0.25) is 5.91 Å². The number of carbonyl (C=O) groups excluding carboxylic acids is 1. The van der Waals surface area contributed by atoms with Crippen LogP contribution in [0.5, 0.6) is 0 Å². The summed E-state index contributed by atoms with van der Waals surface area (Å²) in [5, 5.41) is 9.16. The number of amides is 1. The Labute approximate surface area is 181 Å². The lowest BCUT2D eigenvalue weighted by molar-refractivity contribution is -0.116. The van der Waals surface area contributed by atoms with Crippen molar-refractivity contribution < 1.29 is 4.79 Å². The standard InChI is InChI=1S/C24H18N6O2/c1-15-25-18-10-4-2-8-16(18)23-22(17-9-3-5-11-19(17)30(15)23)26-21(31)14-29-24(32)28-13-7-6-12-20(28)27-29/h2-13H,14H2,1H3,(H,26,31). The molecule has 2 aromatic carbocycles. The van der Waals surface area contributed by atoms with Gasteiger partial charge < -0.3 is 5.32 Å². The molecule has 0 aliphatic carbocycles. The molecule has 0 saturated heterocycles. The lowest BCUT2D eigenvalue weighted by atomic mass is 10.1. The maximum Gasteiger partial charge on any atom is 0.350 e. The van der Waals surface area contributed by atoms with Gasteiger partial charge in [0.05, 0.1) is 22.2 Å². The normalized spacial score (nSPS) is 11.7. The highest BCUT2D eigenvalue weighted by Gasteiger charge is 2.19. The molecule has 6 rings (SSSR count). The lowest BCUT2D eigenvalue weighted by Gasteiger charge is -2.09. The number of aromatic nitrogens is 5. The Kier molecular flexibility index (Phi) is 3.88. The van der Waals surface area contributed by atoms with Gasteiger partial charge in [-0.15, -0.1) is 5.10 Å². The summed E-state index contributed by atoms with van der Waals surface area (Å²) in [5.74, 6) is 0.499. The van der Waals surface area contributed by atoms with Gasteiger partial charge >= 0.3 is 5.69 Å². The van der Waals surface area contributed by atoms with E-state index in [0.29, 0.717) is 11.3 Å². The van der Waals surface area contributed by atoms with E-state index in [9.17, 15) is 9.59 Å². The Morgan fingerprint density at radius 1 is 0.969 bits per heavy atom. The van der Waals surface area contributed by atoms with Crippen molar-refractivity contribution in [1.29, 1.82) is 0 Å². The topological polar surface area (TPSA) is 85.7 Å². The van der Waals surface area contributed by atoms with Crippen LogP contribution in [0.15, 0.2) is 77.7 Å². The van der Waals surface area contributed by atoms with Crippen LogP contribution >= 0.6 is 0 Å². The average Bonchev–Trinajstić information content (AvgIpc) is 3.30. The fraction of sp³-hybridized carbons (Fsp3) is 0.0833. The number of hydrogen-bond donors (Lipinski definition) is 1. The summed E-state index contributed by atoms with van der Waals surface area (Å²) in [5.41, 5.74) is 3.53. The third-order valence-electron chi connectivity index (χ3n) is 5.69. The van der Waals surface area contributed by atoms with E-state index in [0.717, 1.165) is 33.1 Å². The third-order valence-corrected chi connectivity index (χ3v) is 5.69. The largest absolute Gasteiger partial charge is 0.350 e. The van der Waals surface area contributed by atoms with Gasteiger partial charge in [0, 0.05) is 17.0 Å². The molecule has 1 amide bonds. The quantitative estimate of drug-likeness (QED) is 0.474. The second-order valence-corrected chi connectivity index (χ2v) is 7.67. The molecule has 8 nitrogen and oxygen atoms in total. The van der Waals surface area contributed by atoms with Crippen LogP contribution in [0.1, 0.15) is 5.82 Å². The predicted octanol–water partition coefficient (Wildman–Crippen LogP) is 3.40. The van der Waals surface area contributed by atoms with Crippen molar-refractivity contribution in [2.24, 2.45) is 0 Å². The minimum absolute atomic E-state index is 0.186. The predicted molar refractivity (Wildman–Crippen MR) is 123 cm³/mol. The summed E-state index contributed by atoms with van der Waals surface area (Å²) in [6.07, 6.45) is 1.63. The molecular formula is C24H18N6O2. The zero-order valence-corrected chi connectivity index (χ0v) is 17.2. The molecule has 156 valence electrons. The van der Waals surface area contributed by atoms with E-state index in [2.05, 4.69) is 14.8 Å². The molecule has 0 atom stereocenters. The van der Waals surface area contributed by atoms with Crippen molar-refractivity contribution in [2.45, 2.75) is 13.5 Å². The van der Waals surface area contributed by atoms with Gasteiger partial charge in [0.15, 0.2) is 5.65 Å². The van der Waals surface area contributed by atoms with E-state index in [4.69, 9.17) is 4.98 Å². The highest BCUT2D eigenvalue weighted by molar-refractivity contribution is 6.16. The van der Waals surface area contributed by atoms with Gasteiger partial charge in [-0.1, -0.05) is 42.5 Å². The molecule has 0 spiro atoms. The van der Waals surface area contributed by atoms with Crippen molar-refractivity contribution in [3.8, 4) is 0 Å². The number of carbonyl (C=O) groups is 1. The second kappa shape index (κ2) is 6.78. The van der Waals surface area contributed by atoms with Crippen molar-refractivity contribution in [3.63, 3.8) is 0 Å². The minimum Gasteiger partial charge on any atom is -0.322 e. The highest BCUT2D eigenvalue weighted by atomic mass is 16.2. The Morgan fingerprint density at radius 2 is 1.72 bits per heavy atom. The summed E-state index contributed by atoms with van der Waals surface area (Å²) in [4.78, 5) is 30.4. The van der Waals surface area contributed by atoms with Crippen LogP contribution in [0.4, 0.5) is 5.69 Å². The molecular weight excluding hydrogens is 404 g/mol. The van der Waals surface area contributed by atoms with Crippen LogP contribution in [-0.4, -0.2) is 29.5 Å². The van der Waals surface area contributed by atoms with Crippen LogP contribution in [0.2, 0.25) is 0 Å². The number of benzene rings is 2. The number of hydrogen-bond acceptors (Lipinski definition) is 4. The van der Waals surface area contributed by atoms with E-state index in [1.54, 1.807) is 24.4 Å². The summed E-state index contributed by atoms with van der Waals surface area (Å²) in [6, 6.07) is 21.0. The molecule has 0 fully saturated rings. The first kappa shape index (κ1) is 18.3. The Hall–Kier alpha value is -4.46. The van der Waals surface area contributed by atoms with Crippen LogP contribution in [0.25, 0.3) is 33.0 Å². The number of aryl methyl sites for hydroxylation is 1. The molecule has 32 heavy (non-hydrogen) atoms. The van der Waals surface area contributed by atoms with E-state index in [1.165, 1.54) is 9.08 Å². The fourth-order valence-electron chi connectivity index (χ4n) is 4.34. The van der Waals surface area contributed by atoms with Crippen molar-refractivity contribution in [2.75, 3.05) is 5.32 Å². The summed E-state index contributed by atoms with van der Waals surface area (Å²) in [7, 11) is 0. The fourth-order valence-corrected chi connectivity index (χ4v) is 4.34. The average molecular weight is 422 g/mol. The number of anilines is 1. The summed E-state index contributed by atoms with van der Waals surface area (Å²) < 4.78 is 4.65. The van der Waals surface area contributed by atoms with Crippen LogP contribution < -0.4 is 11.0 Å². The van der Waals surface area contributed by atoms with E-state index < -0.39 is 0 Å². The first-order valence-corrected chi connectivity index (χ1v) is 10.2. The van der Waals surface area contributed by atoms with Gasteiger partial charge in [-0.25, -0.2) is 14.5 Å². The van der Waals surface area contributed by atoms with E-state index in [-0.39, 0.29) is 18.1 Å². The second-order valence-electron chi connectivity index (χ2n) is 7.67. The molecule has 0 unspecified atom stereocenters. The number of para-hydroxylation sites is 2. The van der Waals surface area contributed by atoms with E-state index >= 15 is 0 Å². The Bertz CT molecular complexity index is 1740. The third kappa shape index (κ3) is 2.63. The number of fused-ring (bicyclic) bond motifs is 6. The zero-order chi connectivity index (χ0) is 21.8. The maximum atomic E-state index is 13.1. The van der Waals surface area contributed by atoms with Gasteiger partial charge in [0.1, 0.15) is 12.4 Å². The van der Waals surface area contributed by atoms with Crippen molar-refractivity contribution >= 4 is 44.6 Å². The number of nitrogens with zero attached hydrogens (tertiary/aromatic N) is 5. The molecule has 1 N–H and O–H groups in total. The molecule has 0 aliphatic heterocycles. The molecule has 0 bridgehead atoms. The smallest absolute Gasteiger partial charge is 0.322 e. The Morgan fingerprint density at radius 3 is 2.56 bits per heavy atom. The number of pyridine rings is 1. The SMILES string of the molecule is Cc1nc2ccccc2c2c(NC(=O)Cn3nc4ccccn4c3=O)c3ccccc3n12. The summed E-state index contributed by atoms with van der Waals surface area (Å²) >= 11 is 0. The van der Waals surface area contributed by atoms with Crippen LogP contribution in [-0.2, 0) is 11.3 Å². The summed E-state index contributed by atoms with van der Waals surface area (Å²) in [6.45, 7) is 1.77. The first-order valence-electron chi connectivity index (χ1n) is 10.2. The molecule has 6 aromatic rings. The van der Waals surface area contributed by atoms with Gasteiger partial charge in [0.25, 0.3) is 0 Å². The molecule has 4 aromatic heterocycles. The monoisotopic (exact) mass is 422 g/mol. The maximum absolute atomic E-state index is 13.1. The molecule has 0 radical (unpaired) electrons. The molecule has 4 heterocycles. The van der Waals surface area contributed by atoms with Gasteiger partial charge in [-0.2, -0.15) is 0 Å². The highest BCUT2D eigenvalue weighted by Crippen LogP contribution is 2.36. The van der Waals surface area contributed by atoms with Gasteiger partial charge in [-0.05, 0) is 31.2 Å². The molecule has 0 saturated carbocycles. The first-order chi connectivity index (χ1) is 15.6. The Balaban J connectivity index is 1.51. The van der Waals surface area contributed by atoms with Crippen molar-refractivity contribution in [3.05, 3.63) is 89.2 Å². The number of rotatable bonds is 3. The van der Waals surface area contributed by atoms with Crippen LogP contribution in [0.3, 0.4) is 0 Å². The number of nitrogens with one attached hydrogen (secondary N) is 1. The zero-order valence-electron chi connectivity index (χ0n) is 17.2. The van der Waals surface area contributed by atoms with Crippen LogP contribution in [0, 0.1) is 6.92 Å².